The van der Waals surface area contributed by atoms with Crippen LogP contribution in [0.5, 0.6) is 0 Å². The monoisotopic (exact) mass is 153 g/mol. The van der Waals surface area contributed by atoms with E-state index in [1.165, 1.54) is 0 Å². The molecule has 11 heavy (non-hydrogen) atoms. The molecule has 0 aliphatic carbocycles. The normalized spacial score (nSPS) is 14.4. The number of rotatable bonds is 0. The lowest BCUT2D eigenvalue weighted by Gasteiger charge is -1.99. The predicted molar refractivity (Wildman–Crippen MR) is 40.3 cm³/mol. The van der Waals surface area contributed by atoms with Crippen molar-refractivity contribution in [3.05, 3.63) is 29.1 Å². The number of nitrogens with two attached hydrogens (primary N) is 1. The third kappa shape index (κ3) is 1.30. The van der Waals surface area contributed by atoms with Crippen molar-refractivity contribution >= 4 is 5.69 Å². The molecule has 0 saturated heterocycles. The zero-order valence-corrected chi connectivity index (χ0v) is 5.56. The fourth-order valence-corrected chi connectivity index (χ4v) is 0.674. The third-order valence-electron chi connectivity index (χ3n) is 1.26. The van der Waals surface area contributed by atoms with E-state index in [4.69, 9.17) is 15.1 Å². The molecule has 3 heteroatoms. The highest BCUT2D eigenvalue weighted by Crippen LogP contribution is 2.15. The third-order valence-corrected chi connectivity index (χ3v) is 1.26. The van der Waals surface area contributed by atoms with Crippen molar-refractivity contribution in [2.45, 2.75) is 6.85 Å². The first-order chi connectivity index (χ1) is 6.36. The van der Waals surface area contributed by atoms with Gasteiger partial charge in [0.15, 0.2) is 0 Å². The summed E-state index contributed by atoms with van der Waals surface area (Å²) < 4.78 is 34.2. The van der Waals surface area contributed by atoms with Gasteiger partial charge in [-0.2, -0.15) is 5.26 Å². The van der Waals surface area contributed by atoms with E-state index in [0.29, 0.717) is 0 Å². The van der Waals surface area contributed by atoms with E-state index in [0.717, 1.165) is 12.1 Å². The number of hydrogen-bond acceptors (Lipinski definition) is 2. The lowest BCUT2D eigenvalue weighted by Crippen LogP contribution is -1.93. The lowest BCUT2D eigenvalue weighted by molar-refractivity contribution is 0.624. The fourth-order valence-electron chi connectivity index (χ4n) is 0.674. The molecule has 2 nitrogen and oxygen atoms in total. The van der Waals surface area contributed by atoms with Crippen LogP contribution in [0.2, 0.25) is 0 Å². The van der Waals surface area contributed by atoms with Crippen LogP contribution >= 0.6 is 0 Å². The molecular formula is C8H7FN2. The molecule has 2 N–H and O–H groups in total. The van der Waals surface area contributed by atoms with E-state index in [9.17, 15) is 4.39 Å². The summed E-state index contributed by atoms with van der Waals surface area (Å²) in [6.07, 6.45) is 0. The van der Waals surface area contributed by atoms with E-state index in [2.05, 4.69) is 0 Å². The highest BCUT2D eigenvalue weighted by Gasteiger charge is 2.03. The molecule has 0 saturated carbocycles. The first-order valence-electron chi connectivity index (χ1n) is 4.36. The fraction of sp³-hybridized carbons (Fsp3) is 0.125. The molecule has 0 bridgehead atoms. The number of halogens is 1. The van der Waals surface area contributed by atoms with Gasteiger partial charge in [-0.05, 0) is 24.5 Å². The maximum absolute atomic E-state index is 12.9. The Morgan fingerprint density at radius 3 is 3.00 bits per heavy atom. The van der Waals surface area contributed by atoms with Crippen LogP contribution < -0.4 is 5.73 Å². The van der Waals surface area contributed by atoms with Crippen LogP contribution in [0.25, 0.3) is 0 Å². The lowest BCUT2D eigenvalue weighted by atomic mass is 10.1. The smallest absolute Gasteiger partial charge is 0.143 e. The minimum atomic E-state index is -2.43. The van der Waals surface area contributed by atoms with Crippen LogP contribution in [0.3, 0.4) is 0 Å². The molecule has 0 atom stereocenters. The van der Waals surface area contributed by atoms with E-state index in [-0.39, 0.29) is 16.8 Å². The standard InChI is InChI=1S/C8H7FN2/c1-5-2-6(4-10)7(9)3-8(5)11/h2-3H,11H2,1H3/i1D3. The minimum absolute atomic E-state index is 0.165. The summed E-state index contributed by atoms with van der Waals surface area (Å²) in [6, 6.07) is 3.36. The van der Waals surface area contributed by atoms with Crippen molar-refractivity contribution in [3.8, 4) is 6.07 Å². The number of hydrogen-bond donors (Lipinski definition) is 1. The van der Waals surface area contributed by atoms with Gasteiger partial charge in [0.1, 0.15) is 11.9 Å². The molecular weight excluding hydrogens is 143 g/mol. The van der Waals surface area contributed by atoms with Gasteiger partial charge in [-0.25, -0.2) is 4.39 Å². The second kappa shape index (κ2) is 2.59. The number of benzene rings is 1. The van der Waals surface area contributed by atoms with Crippen molar-refractivity contribution in [3.63, 3.8) is 0 Å². The van der Waals surface area contributed by atoms with Gasteiger partial charge in [0.25, 0.3) is 0 Å². The molecule has 1 aromatic carbocycles. The van der Waals surface area contributed by atoms with Crippen molar-refractivity contribution in [1.82, 2.24) is 0 Å². The largest absolute Gasteiger partial charge is 0.398 e. The molecule has 0 heterocycles. The number of nitrogens with zero attached hydrogens (tertiary/aromatic N) is 1. The van der Waals surface area contributed by atoms with E-state index >= 15 is 0 Å². The van der Waals surface area contributed by atoms with Gasteiger partial charge >= 0.3 is 0 Å². The van der Waals surface area contributed by atoms with Gasteiger partial charge < -0.3 is 5.73 Å². The average Bonchev–Trinajstić information content (AvgIpc) is 2.02. The van der Waals surface area contributed by atoms with Crippen LogP contribution in [0.1, 0.15) is 15.2 Å². The van der Waals surface area contributed by atoms with Crippen molar-refractivity contribution in [2.75, 3.05) is 5.73 Å². The maximum atomic E-state index is 12.9. The Kier molecular flexibility index (Phi) is 1.02. The molecule has 56 valence electrons. The Labute approximate surface area is 68.3 Å². The number of nitriles is 1. The van der Waals surface area contributed by atoms with Gasteiger partial charge in [-0.15, -0.1) is 0 Å². The molecule has 0 fully saturated rings. The topological polar surface area (TPSA) is 49.8 Å². The van der Waals surface area contributed by atoms with Gasteiger partial charge in [0.05, 0.1) is 5.56 Å². The summed E-state index contributed by atoms with van der Waals surface area (Å²) in [4.78, 5) is 0. The van der Waals surface area contributed by atoms with E-state index in [1.54, 1.807) is 6.07 Å². The Morgan fingerprint density at radius 1 is 1.73 bits per heavy atom. The maximum Gasteiger partial charge on any atom is 0.143 e. The summed E-state index contributed by atoms with van der Waals surface area (Å²) in [5.74, 6) is -0.807. The van der Waals surface area contributed by atoms with Gasteiger partial charge in [0, 0.05) is 9.80 Å². The average molecular weight is 153 g/mol. The molecule has 0 spiro atoms. The molecule has 1 rings (SSSR count). The van der Waals surface area contributed by atoms with Gasteiger partial charge in [-0.3, -0.25) is 0 Å². The Balaban J connectivity index is 3.41. The number of nitrogen functional groups attached to an aromatic ring is 1. The van der Waals surface area contributed by atoms with Crippen LogP contribution in [0, 0.1) is 24.0 Å². The Morgan fingerprint density at radius 2 is 2.45 bits per heavy atom. The van der Waals surface area contributed by atoms with Crippen molar-refractivity contribution in [1.29, 1.82) is 5.26 Å². The zero-order chi connectivity index (χ0) is 10.9. The van der Waals surface area contributed by atoms with Gasteiger partial charge in [0.2, 0.25) is 0 Å². The molecule has 0 aromatic heterocycles. The Hall–Kier alpha value is -1.56. The SMILES string of the molecule is [2H]C([2H])([2H])c1cc(C#N)c(F)cc1N. The molecule has 0 aliphatic rings. The van der Waals surface area contributed by atoms with Crippen LogP contribution in [-0.4, -0.2) is 0 Å². The minimum Gasteiger partial charge on any atom is -0.398 e. The van der Waals surface area contributed by atoms with E-state index in [1.807, 2.05) is 0 Å². The van der Waals surface area contributed by atoms with E-state index < -0.39 is 12.7 Å². The zero-order valence-electron chi connectivity index (χ0n) is 8.56. The molecule has 0 amide bonds. The number of aryl methyl sites for hydroxylation is 1. The Bertz CT molecular complexity index is 406. The second-order valence-corrected chi connectivity index (χ2v) is 2.03. The highest BCUT2D eigenvalue weighted by atomic mass is 19.1. The summed E-state index contributed by atoms with van der Waals surface area (Å²) in [5.41, 5.74) is 4.64. The summed E-state index contributed by atoms with van der Waals surface area (Å²) in [6.45, 7) is -2.43. The summed E-state index contributed by atoms with van der Waals surface area (Å²) in [5, 5.41) is 8.49. The summed E-state index contributed by atoms with van der Waals surface area (Å²) >= 11 is 0. The molecule has 0 unspecified atom stereocenters. The quantitative estimate of drug-likeness (QED) is 0.575. The van der Waals surface area contributed by atoms with Gasteiger partial charge in [-0.1, -0.05) is 0 Å². The van der Waals surface area contributed by atoms with Crippen molar-refractivity contribution < 1.29 is 8.50 Å². The highest BCUT2D eigenvalue weighted by molar-refractivity contribution is 5.51. The second-order valence-electron chi connectivity index (χ2n) is 2.03. The molecule has 1 aromatic rings. The van der Waals surface area contributed by atoms with Crippen molar-refractivity contribution in [2.24, 2.45) is 0 Å². The predicted octanol–water partition coefficient (Wildman–Crippen LogP) is 1.59. The van der Waals surface area contributed by atoms with Crippen LogP contribution in [-0.2, 0) is 0 Å². The van der Waals surface area contributed by atoms with Crippen LogP contribution in [0.15, 0.2) is 12.1 Å². The molecule has 0 aliphatic heterocycles. The first-order valence-corrected chi connectivity index (χ1v) is 2.86. The first kappa shape index (κ1) is 4.35. The van der Waals surface area contributed by atoms with Crippen LogP contribution in [0.4, 0.5) is 10.1 Å². The number of anilines is 1. The molecule has 0 radical (unpaired) electrons. The summed E-state index contributed by atoms with van der Waals surface area (Å²) in [7, 11) is 0.